The van der Waals surface area contributed by atoms with Gasteiger partial charge in [-0.2, -0.15) is 0 Å². The number of aliphatic hydroxyl groups is 2. The molecule has 2 aromatic carbocycles. The highest BCUT2D eigenvalue weighted by Gasteiger charge is 2.73. The zero-order valence-corrected chi connectivity index (χ0v) is 11.6. The summed E-state index contributed by atoms with van der Waals surface area (Å²) in [6, 6.07) is 9.42. The second-order valence-electron chi connectivity index (χ2n) is 5.65. The molecule has 0 saturated heterocycles. The summed E-state index contributed by atoms with van der Waals surface area (Å²) in [7, 11) is 0. The number of hydrogen-bond acceptors (Lipinski definition) is 6. The van der Waals surface area contributed by atoms with Crippen molar-refractivity contribution in [3.05, 3.63) is 64.7 Å². The minimum atomic E-state index is -2.97. The molecule has 4 rings (SSSR count). The van der Waals surface area contributed by atoms with Gasteiger partial charge in [-0.3, -0.25) is 14.4 Å². The van der Waals surface area contributed by atoms with Crippen LogP contribution in [0.4, 0.5) is 0 Å². The van der Waals surface area contributed by atoms with Crippen LogP contribution in [-0.4, -0.2) is 38.3 Å². The van der Waals surface area contributed by atoms with Gasteiger partial charge in [-0.1, -0.05) is 36.4 Å². The quantitative estimate of drug-likeness (QED) is 0.614. The van der Waals surface area contributed by atoms with Crippen molar-refractivity contribution in [1.82, 2.24) is 0 Å². The first-order chi connectivity index (χ1) is 10.8. The monoisotopic (exact) mass is 310 g/mol. The van der Waals surface area contributed by atoms with Gasteiger partial charge in [-0.05, 0) is 6.07 Å². The van der Waals surface area contributed by atoms with Gasteiger partial charge in [0.2, 0.25) is 23.0 Å². The average Bonchev–Trinajstić information content (AvgIpc) is 2.74. The summed E-state index contributed by atoms with van der Waals surface area (Å²) in [6.07, 6.45) is 0. The first-order valence-electron chi connectivity index (χ1n) is 6.85. The first kappa shape index (κ1) is 13.8. The molecular formula is C17H10O6. The SMILES string of the molecule is O=C1c2ccccc2[C@@]2(O)C(=O)c3cccc(O)c3C(=O)[C@@]12O. The Labute approximate surface area is 129 Å². The molecule has 2 aliphatic rings. The fraction of sp³-hybridized carbons (Fsp3) is 0.118. The molecule has 2 aromatic rings. The van der Waals surface area contributed by atoms with Gasteiger partial charge in [0.25, 0.3) is 0 Å². The lowest BCUT2D eigenvalue weighted by Gasteiger charge is -2.38. The van der Waals surface area contributed by atoms with Gasteiger partial charge in [0.15, 0.2) is 5.60 Å². The maximum atomic E-state index is 12.8. The number of hydrogen-bond donors (Lipinski definition) is 3. The molecule has 0 fully saturated rings. The number of fused-ring (bicyclic) bond motifs is 4. The van der Waals surface area contributed by atoms with Crippen LogP contribution in [0.25, 0.3) is 0 Å². The van der Waals surface area contributed by atoms with Crippen molar-refractivity contribution >= 4 is 17.3 Å². The van der Waals surface area contributed by atoms with Crippen molar-refractivity contribution < 1.29 is 29.7 Å². The van der Waals surface area contributed by atoms with E-state index >= 15 is 0 Å². The van der Waals surface area contributed by atoms with Gasteiger partial charge >= 0.3 is 0 Å². The van der Waals surface area contributed by atoms with Crippen LogP contribution in [0.15, 0.2) is 42.5 Å². The molecule has 0 spiro atoms. The Balaban J connectivity index is 2.15. The third-order valence-corrected chi connectivity index (χ3v) is 4.59. The van der Waals surface area contributed by atoms with E-state index in [4.69, 9.17) is 0 Å². The van der Waals surface area contributed by atoms with E-state index in [9.17, 15) is 29.7 Å². The second kappa shape index (κ2) is 3.92. The molecule has 0 aliphatic heterocycles. The number of carbonyl (C=O) groups is 3. The zero-order valence-electron chi connectivity index (χ0n) is 11.6. The van der Waals surface area contributed by atoms with Crippen molar-refractivity contribution in [3.63, 3.8) is 0 Å². The highest BCUT2D eigenvalue weighted by molar-refractivity contribution is 6.36. The van der Waals surface area contributed by atoms with E-state index in [2.05, 4.69) is 0 Å². The Morgan fingerprint density at radius 3 is 2.04 bits per heavy atom. The summed E-state index contributed by atoms with van der Waals surface area (Å²) in [5.74, 6) is -3.76. The summed E-state index contributed by atoms with van der Waals surface area (Å²) in [5.41, 5.74) is -6.55. The topological polar surface area (TPSA) is 112 Å². The third-order valence-electron chi connectivity index (χ3n) is 4.59. The van der Waals surface area contributed by atoms with Gasteiger partial charge in [0.05, 0.1) is 5.56 Å². The smallest absolute Gasteiger partial charge is 0.231 e. The van der Waals surface area contributed by atoms with Crippen LogP contribution < -0.4 is 0 Å². The predicted octanol–water partition coefficient (Wildman–Crippen LogP) is 0.586. The molecule has 0 heterocycles. The minimum absolute atomic E-state index is 0.0912. The second-order valence-corrected chi connectivity index (χ2v) is 5.65. The number of carbonyl (C=O) groups excluding carboxylic acids is 3. The summed E-state index contributed by atoms with van der Waals surface area (Å²) >= 11 is 0. The summed E-state index contributed by atoms with van der Waals surface area (Å²) < 4.78 is 0. The largest absolute Gasteiger partial charge is 0.507 e. The molecular weight excluding hydrogens is 300 g/mol. The highest BCUT2D eigenvalue weighted by atomic mass is 16.4. The summed E-state index contributed by atoms with van der Waals surface area (Å²) in [6.45, 7) is 0. The molecule has 0 unspecified atom stereocenters. The molecule has 6 heteroatoms. The van der Waals surface area contributed by atoms with E-state index in [0.29, 0.717) is 0 Å². The predicted molar refractivity (Wildman–Crippen MR) is 76.4 cm³/mol. The average molecular weight is 310 g/mol. The standard InChI is InChI=1S/C17H10O6/c18-11-7-3-5-9-12(11)15(21)17(23)13(19)8-4-1-2-6-10(8)16(17,22)14(9)20/h1-7,18,22-23H/t16-,17+/m1/s1. The van der Waals surface area contributed by atoms with Crippen LogP contribution in [-0.2, 0) is 5.60 Å². The Kier molecular flexibility index (Phi) is 2.35. The maximum Gasteiger partial charge on any atom is 0.231 e. The van der Waals surface area contributed by atoms with Gasteiger partial charge < -0.3 is 15.3 Å². The number of ketones is 3. The summed E-state index contributed by atoms with van der Waals surface area (Å²) in [4.78, 5) is 38.1. The molecule has 114 valence electrons. The van der Waals surface area contributed by atoms with Crippen molar-refractivity contribution in [1.29, 1.82) is 0 Å². The van der Waals surface area contributed by atoms with E-state index in [1.165, 1.54) is 42.5 Å². The maximum absolute atomic E-state index is 12.8. The van der Waals surface area contributed by atoms with Gasteiger partial charge in [0, 0.05) is 16.7 Å². The van der Waals surface area contributed by atoms with Crippen molar-refractivity contribution in [2.75, 3.05) is 0 Å². The lowest BCUT2D eigenvalue weighted by atomic mass is 9.67. The van der Waals surface area contributed by atoms with E-state index in [1.807, 2.05) is 0 Å². The molecule has 6 nitrogen and oxygen atoms in total. The van der Waals surface area contributed by atoms with Crippen LogP contribution in [0, 0.1) is 0 Å². The van der Waals surface area contributed by atoms with E-state index in [1.54, 1.807) is 0 Å². The van der Waals surface area contributed by atoms with Gasteiger partial charge in [-0.25, -0.2) is 0 Å². The lowest BCUT2D eigenvalue weighted by molar-refractivity contribution is -0.0791. The molecule has 0 bridgehead atoms. The molecule has 3 N–H and O–H groups in total. The fourth-order valence-corrected chi connectivity index (χ4v) is 3.45. The van der Waals surface area contributed by atoms with Gasteiger partial charge in [0.1, 0.15) is 5.75 Å². The summed E-state index contributed by atoms with van der Waals surface area (Å²) in [5, 5.41) is 31.6. The van der Waals surface area contributed by atoms with Crippen molar-refractivity contribution in [2.24, 2.45) is 0 Å². The molecule has 23 heavy (non-hydrogen) atoms. The van der Waals surface area contributed by atoms with Crippen LogP contribution in [0.1, 0.15) is 36.6 Å². The van der Waals surface area contributed by atoms with Gasteiger partial charge in [-0.15, -0.1) is 0 Å². The Hall–Kier alpha value is -2.83. The van der Waals surface area contributed by atoms with E-state index in [0.717, 1.165) is 0 Å². The Morgan fingerprint density at radius 1 is 0.696 bits per heavy atom. The molecule has 2 atom stereocenters. The highest BCUT2D eigenvalue weighted by Crippen LogP contribution is 2.52. The van der Waals surface area contributed by atoms with Crippen molar-refractivity contribution in [3.8, 4) is 5.75 Å². The fourth-order valence-electron chi connectivity index (χ4n) is 3.45. The van der Waals surface area contributed by atoms with Crippen LogP contribution in [0.2, 0.25) is 0 Å². The zero-order chi connectivity index (χ0) is 16.6. The number of benzene rings is 2. The number of Topliss-reactive ketones (excluding diaryl/α,β-unsaturated/α-hetero) is 3. The van der Waals surface area contributed by atoms with E-state index < -0.39 is 39.9 Å². The molecule has 0 aromatic heterocycles. The van der Waals surface area contributed by atoms with Crippen LogP contribution >= 0.6 is 0 Å². The Morgan fingerprint density at radius 2 is 1.30 bits per heavy atom. The molecule has 0 amide bonds. The Bertz CT molecular complexity index is 930. The van der Waals surface area contributed by atoms with E-state index in [-0.39, 0.29) is 16.7 Å². The van der Waals surface area contributed by atoms with Crippen LogP contribution in [0.3, 0.4) is 0 Å². The minimum Gasteiger partial charge on any atom is -0.507 e. The lowest BCUT2D eigenvalue weighted by Crippen LogP contribution is -2.64. The third kappa shape index (κ3) is 1.25. The molecule has 2 aliphatic carbocycles. The number of aromatic hydroxyl groups is 1. The van der Waals surface area contributed by atoms with Crippen LogP contribution in [0.5, 0.6) is 5.75 Å². The normalized spacial score (nSPS) is 28.3. The number of rotatable bonds is 0. The number of phenols is 1. The molecule has 0 radical (unpaired) electrons. The number of phenolic OH excluding ortho intramolecular Hbond substituents is 1. The van der Waals surface area contributed by atoms with Crippen molar-refractivity contribution in [2.45, 2.75) is 11.2 Å². The molecule has 0 saturated carbocycles. The first-order valence-corrected chi connectivity index (χ1v) is 6.85.